The van der Waals surface area contributed by atoms with Crippen LogP contribution in [0.5, 0.6) is 0 Å². The number of nitrogens with zero attached hydrogens (tertiary/aromatic N) is 3. The number of hydrogen-bond donors (Lipinski definition) is 1. The first kappa shape index (κ1) is 18.7. The lowest BCUT2D eigenvalue weighted by Gasteiger charge is -2.32. The molecule has 0 amide bonds. The van der Waals surface area contributed by atoms with Gasteiger partial charge in [-0.25, -0.2) is 13.4 Å². The van der Waals surface area contributed by atoms with Gasteiger partial charge in [0.1, 0.15) is 10.7 Å². The molecule has 1 aliphatic rings. The zero-order valence-corrected chi connectivity index (χ0v) is 15.8. The van der Waals surface area contributed by atoms with E-state index in [4.69, 9.17) is 0 Å². The van der Waals surface area contributed by atoms with Gasteiger partial charge in [-0.3, -0.25) is 4.31 Å². The summed E-state index contributed by atoms with van der Waals surface area (Å²) in [6.45, 7) is 4.05. The third kappa shape index (κ3) is 3.83. The number of sulfonamides is 1. The van der Waals surface area contributed by atoms with Gasteiger partial charge >= 0.3 is 0 Å². The summed E-state index contributed by atoms with van der Waals surface area (Å²) in [6, 6.07) is 12.5. The molecule has 1 saturated heterocycles. The standard InChI is InChI=1S/C19H25N3O3S/c1-2-22(17-6-4-3-5-7-17)26(24,25)18-8-9-19(20-14-18)21-12-10-16(15-23)11-13-21/h3-9,14,16,23H,2,10-13,15H2,1H3. The van der Waals surface area contributed by atoms with Crippen molar-refractivity contribution in [1.29, 1.82) is 0 Å². The van der Waals surface area contributed by atoms with Gasteiger partial charge < -0.3 is 10.0 Å². The summed E-state index contributed by atoms with van der Waals surface area (Å²) in [6.07, 6.45) is 3.29. The van der Waals surface area contributed by atoms with Crippen LogP contribution >= 0.6 is 0 Å². The fourth-order valence-electron chi connectivity index (χ4n) is 3.27. The first-order valence-electron chi connectivity index (χ1n) is 8.96. The number of pyridine rings is 1. The van der Waals surface area contributed by atoms with Gasteiger partial charge in [-0.2, -0.15) is 0 Å². The van der Waals surface area contributed by atoms with Crippen LogP contribution in [0.2, 0.25) is 0 Å². The number of aromatic nitrogens is 1. The molecule has 1 fully saturated rings. The van der Waals surface area contributed by atoms with Crippen LogP contribution in [0.25, 0.3) is 0 Å². The zero-order valence-electron chi connectivity index (χ0n) is 15.0. The third-order valence-electron chi connectivity index (χ3n) is 4.84. The molecular weight excluding hydrogens is 350 g/mol. The Bertz CT molecular complexity index is 802. The van der Waals surface area contributed by atoms with Gasteiger partial charge in [0, 0.05) is 32.4 Å². The minimum Gasteiger partial charge on any atom is -0.396 e. The van der Waals surface area contributed by atoms with E-state index in [1.165, 1.54) is 10.5 Å². The lowest BCUT2D eigenvalue weighted by molar-refractivity contribution is 0.203. The van der Waals surface area contributed by atoms with E-state index in [1.54, 1.807) is 24.3 Å². The van der Waals surface area contributed by atoms with Gasteiger partial charge in [-0.05, 0) is 49.9 Å². The Hall–Kier alpha value is -2.12. The number of aliphatic hydroxyl groups is 1. The number of anilines is 2. The van der Waals surface area contributed by atoms with Crippen LogP contribution < -0.4 is 9.21 Å². The van der Waals surface area contributed by atoms with Crippen molar-refractivity contribution in [3.63, 3.8) is 0 Å². The molecule has 0 aliphatic carbocycles. The molecule has 0 bridgehead atoms. The Morgan fingerprint density at radius 3 is 2.38 bits per heavy atom. The van der Waals surface area contributed by atoms with Crippen molar-refractivity contribution < 1.29 is 13.5 Å². The summed E-state index contributed by atoms with van der Waals surface area (Å²) in [5.41, 5.74) is 0.644. The molecule has 0 radical (unpaired) electrons. The Morgan fingerprint density at radius 2 is 1.85 bits per heavy atom. The van der Waals surface area contributed by atoms with Gasteiger partial charge in [0.25, 0.3) is 10.0 Å². The van der Waals surface area contributed by atoms with Crippen LogP contribution in [0.3, 0.4) is 0 Å². The summed E-state index contributed by atoms with van der Waals surface area (Å²) >= 11 is 0. The van der Waals surface area contributed by atoms with Gasteiger partial charge in [0.2, 0.25) is 0 Å². The topological polar surface area (TPSA) is 73.7 Å². The van der Waals surface area contributed by atoms with Gasteiger partial charge in [-0.15, -0.1) is 0 Å². The van der Waals surface area contributed by atoms with Crippen molar-refractivity contribution in [2.24, 2.45) is 5.92 Å². The summed E-state index contributed by atoms with van der Waals surface area (Å²) in [7, 11) is -3.65. The molecular formula is C19H25N3O3S. The number of aliphatic hydroxyl groups excluding tert-OH is 1. The van der Waals surface area contributed by atoms with Gasteiger partial charge in [0.15, 0.2) is 0 Å². The highest BCUT2D eigenvalue weighted by Gasteiger charge is 2.25. The van der Waals surface area contributed by atoms with E-state index in [1.807, 2.05) is 25.1 Å². The second-order valence-electron chi connectivity index (χ2n) is 6.47. The fourth-order valence-corrected chi connectivity index (χ4v) is 4.69. The maximum atomic E-state index is 13.0. The fraction of sp³-hybridized carbons (Fsp3) is 0.421. The van der Waals surface area contributed by atoms with E-state index >= 15 is 0 Å². The third-order valence-corrected chi connectivity index (χ3v) is 6.72. The van der Waals surface area contributed by atoms with E-state index in [0.717, 1.165) is 31.7 Å². The van der Waals surface area contributed by atoms with Crippen molar-refractivity contribution in [1.82, 2.24) is 4.98 Å². The molecule has 0 spiro atoms. The molecule has 2 aromatic rings. The number of hydrogen-bond acceptors (Lipinski definition) is 5. The smallest absolute Gasteiger partial charge is 0.265 e. The second-order valence-corrected chi connectivity index (χ2v) is 8.33. The lowest BCUT2D eigenvalue weighted by atomic mass is 9.98. The van der Waals surface area contributed by atoms with E-state index in [0.29, 0.717) is 18.2 Å². The SMILES string of the molecule is CCN(c1ccccc1)S(=O)(=O)c1ccc(N2CCC(CO)CC2)nc1. The first-order valence-corrected chi connectivity index (χ1v) is 10.4. The molecule has 0 unspecified atom stereocenters. The summed E-state index contributed by atoms with van der Waals surface area (Å²) in [5, 5.41) is 9.24. The molecule has 1 N–H and O–H groups in total. The molecule has 0 saturated carbocycles. The van der Waals surface area contributed by atoms with Crippen LogP contribution in [0.4, 0.5) is 11.5 Å². The monoisotopic (exact) mass is 375 g/mol. The van der Waals surface area contributed by atoms with Crippen LogP contribution in [-0.4, -0.2) is 44.7 Å². The van der Waals surface area contributed by atoms with Gasteiger partial charge in [0.05, 0.1) is 5.69 Å². The number of rotatable bonds is 6. The summed E-state index contributed by atoms with van der Waals surface area (Å²) < 4.78 is 27.3. The van der Waals surface area contributed by atoms with Crippen LogP contribution in [-0.2, 0) is 10.0 Å². The minimum atomic E-state index is -3.65. The van der Waals surface area contributed by atoms with Crippen LogP contribution in [0, 0.1) is 5.92 Å². The minimum absolute atomic E-state index is 0.192. The summed E-state index contributed by atoms with van der Waals surface area (Å²) in [5.74, 6) is 1.14. The Balaban J connectivity index is 1.79. The molecule has 2 heterocycles. The van der Waals surface area contributed by atoms with E-state index in [2.05, 4.69) is 9.88 Å². The Kier molecular flexibility index (Phi) is 5.78. The van der Waals surface area contributed by atoms with Crippen molar-refractivity contribution in [2.45, 2.75) is 24.7 Å². The molecule has 1 aliphatic heterocycles. The zero-order chi connectivity index (χ0) is 18.6. The maximum absolute atomic E-state index is 13.0. The molecule has 0 atom stereocenters. The van der Waals surface area contributed by atoms with Gasteiger partial charge in [-0.1, -0.05) is 18.2 Å². The van der Waals surface area contributed by atoms with E-state index < -0.39 is 10.0 Å². The highest BCUT2D eigenvalue weighted by Crippen LogP contribution is 2.25. The first-order chi connectivity index (χ1) is 12.6. The van der Waals surface area contributed by atoms with Crippen LogP contribution in [0.1, 0.15) is 19.8 Å². The molecule has 1 aromatic carbocycles. The maximum Gasteiger partial charge on any atom is 0.265 e. The molecule has 7 heteroatoms. The van der Waals surface area contributed by atoms with Crippen LogP contribution in [0.15, 0.2) is 53.6 Å². The number of para-hydroxylation sites is 1. The predicted octanol–water partition coefficient (Wildman–Crippen LogP) is 2.51. The molecule has 140 valence electrons. The van der Waals surface area contributed by atoms with Crippen molar-refractivity contribution in [3.8, 4) is 0 Å². The summed E-state index contributed by atoms with van der Waals surface area (Å²) in [4.78, 5) is 6.72. The predicted molar refractivity (Wildman–Crippen MR) is 103 cm³/mol. The normalized spacial score (nSPS) is 15.8. The largest absolute Gasteiger partial charge is 0.396 e. The number of piperidine rings is 1. The average Bonchev–Trinajstić information content (AvgIpc) is 2.69. The second kappa shape index (κ2) is 8.05. The highest BCUT2D eigenvalue weighted by molar-refractivity contribution is 7.92. The Morgan fingerprint density at radius 1 is 1.15 bits per heavy atom. The van der Waals surface area contributed by atoms with Crippen molar-refractivity contribution in [3.05, 3.63) is 48.7 Å². The number of benzene rings is 1. The molecule has 26 heavy (non-hydrogen) atoms. The van der Waals surface area contributed by atoms with Crippen molar-refractivity contribution in [2.75, 3.05) is 35.4 Å². The van der Waals surface area contributed by atoms with E-state index in [-0.39, 0.29) is 11.5 Å². The van der Waals surface area contributed by atoms with Crippen molar-refractivity contribution >= 4 is 21.5 Å². The van der Waals surface area contributed by atoms with E-state index in [9.17, 15) is 13.5 Å². The molecule has 3 rings (SSSR count). The quantitative estimate of drug-likeness (QED) is 0.840. The average molecular weight is 375 g/mol. The molecule has 1 aromatic heterocycles. The highest BCUT2D eigenvalue weighted by atomic mass is 32.2. The molecule has 6 nitrogen and oxygen atoms in total. The Labute approximate surface area is 155 Å². The lowest BCUT2D eigenvalue weighted by Crippen LogP contribution is -2.35.